The van der Waals surface area contributed by atoms with Crippen LogP contribution in [-0.4, -0.2) is 42.3 Å². The summed E-state index contributed by atoms with van der Waals surface area (Å²) in [5.41, 5.74) is 5.24. The molecular weight excluding hydrogens is 338 g/mol. The lowest BCUT2D eigenvalue weighted by atomic mass is 10.1. The molecule has 0 spiro atoms. The molecule has 2 heterocycles. The molecule has 0 atom stereocenters. The van der Waals surface area contributed by atoms with Crippen molar-refractivity contribution >= 4 is 28.6 Å². The van der Waals surface area contributed by atoms with E-state index in [0.717, 1.165) is 54.3 Å². The summed E-state index contributed by atoms with van der Waals surface area (Å²) in [5, 5.41) is 11.5. The van der Waals surface area contributed by atoms with E-state index in [2.05, 4.69) is 27.0 Å². The van der Waals surface area contributed by atoms with Crippen molar-refractivity contribution < 1.29 is 14.8 Å². The molecule has 3 aromatic rings. The van der Waals surface area contributed by atoms with Gasteiger partial charge in [0.15, 0.2) is 6.20 Å². The van der Waals surface area contributed by atoms with Crippen LogP contribution in [0.2, 0.25) is 0 Å². The van der Waals surface area contributed by atoms with E-state index in [9.17, 15) is 5.11 Å². The molecule has 1 aliphatic heterocycles. The van der Waals surface area contributed by atoms with Gasteiger partial charge in [-0.25, -0.2) is 0 Å². The minimum atomic E-state index is 0.136. The Balaban J connectivity index is 1.50. The lowest BCUT2D eigenvalue weighted by molar-refractivity contribution is -0.381. The van der Waals surface area contributed by atoms with Crippen molar-refractivity contribution in [2.24, 2.45) is 0 Å². The number of rotatable bonds is 4. The molecule has 0 bridgehead atoms. The van der Waals surface area contributed by atoms with Crippen molar-refractivity contribution in [3.8, 4) is 0 Å². The number of hydrogen-bond acceptors (Lipinski definition) is 2. The van der Waals surface area contributed by atoms with Crippen LogP contribution in [0.4, 0.5) is 5.69 Å². The Bertz CT molecular complexity index is 980. The zero-order valence-electron chi connectivity index (χ0n) is 15.4. The van der Waals surface area contributed by atoms with Crippen molar-refractivity contribution in [2.75, 3.05) is 31.2 Å². The molecule has 5 nitrogen and oxygen atoms in total. The Kier molecular flexibility index (Phi) is 4.94. The maximum absolute atomic E-state index is 10.3. The fourth-order valence-electron chi connectivity index (χ4n) is 3.45. The minimum Gasteiger partial charge on any atom is -0.459 e. The van der Waals surface area contributed by atoms with E-state index >= 15 is 0 Å². The number of aromatic amines is 1. The van der Waals surface area contributed by atoms with Gasteiger partial charge in [0.2, 0.25) is 0 Å². The summed E-state index contributed by atoms with van der Waals surface area (Å²) in [6.45, 7) is 5.38. The average molecular weight is 362 g/mol. The number of nitrogens with zero attached hydrogens (tertiary/aromatic N) is 1. The Morgan fingerprint density at radius 2 is 1.85 bits per heavy atom. The van der Waals surface area contributed by atoms with E-state index < -0.39 is 0 Å². The van der Waals surface area contributed by atoms with Gasteiger partial charge in [0.05, 0.1) is 18.8 Å². The van der Waals surface area contributed by atoms with Crippen LogP contribution in [0.5, 0.6) is 0 Å². The Hall–Kier alpha value is -3.05. The van der Waals surface area contributed by atoms with Crippen LogP contribution < -0.4 is 9.89 Å². The van der Waals surface area contributed by atoms with Crippen LogP contribution in [0, 0.1) is 6.92 Å². The molecule has 138 valence electrons. The van der Waals surface area contributed by atoms with Crippen LogP contribution in [-0.2, 0) is 4.74 Å². The fraction of sp³-hybridized carbons (Fsp3) is 0.227. The SMILES string of the molecule is Cc1[nH]c2ccccc2c1/C=C/[NH+]=C(O)c1ccc(N2CCOCC2)cc1. The van der Waals surface area contributed by atoms with Crippen LogP contribution in [0.3, 0.4) is 0 Å². The number of para-hydroxylation sites is 1. The van der Waals surface area contributed by atoms with E-state index in [1.165, 1.54) is 5.39 Å². The fourth-order valence-corrected chi connectivity index (χ4v) is 3.45. The first-order valence-electron chi connectivity index (χ1n) is 9.22. The molecule has 5 heteroatoms. The molecule has 0 unspecified atom stereocenters. The highest BCUT2D eigenvalue weighted by atomic mass is 16.5. The molecule has 27 heavy (non-hydrogen) atoms. The van der Waals surface area contributed by atoms with E-state index in [1.54, 1.807) is 6.20 Å². The van der Waals surface area contributed by atoms with E-state index in [0.29, 0.717) is 0 Å². The highest BCUT2D eigenvalue weighted by Gasteiger charge is 2.12. The van der Waals surface area contributed by atoms with Gasteiger partial charge in [-0.1, -0.05) is 18.2 Å². The van der Waals surface area contributed by atoms with Gasteiger partial charge in [-0.2, -0.15) is 4.99 Å². The molecule has 1 aromatic heterocycles. The molecule has 0 radical (unpaired) electrons. The summed E-state index contributed by atoms with van der Waals surface area (Å²) in [7, 11) is 0. The second kappa shape index (κ2) is 7.68. The average Bonchev–Trinajstić information content (AvgIpc) is 3.04. The first-order chi connectivity index (χ1) is 13.2. The van der Waals surface area contributed by atoms with Crippen LogP contribution in [0.25, 0.3) is 17.0 Å². The van der Waals surface area contributed by atoms with Crippen molar-refractivity contribution in [1.29, 1.82) is 0 Å². The third-order valence-electron chi connectivity index (χ3n) is 4.93. The standard InChI is InChI=1S/C22H23N3O2/c1-16-19(20-4-2-3-5-21(20)24-16)10-11-23-22(26)17-6-8-18(9-7-17)25-12-14-27-15-13-25/h2-11,24H,12-15H2,1H3,(H,23,26)/p+1/b11-10+. The number of fused-ring (bicyclic) bond motifs is 1. The third kappa shape index (κ3) is 3.73. The molecular formula is C22H24N3O2+. The number of benzene rings is 2. The summed E-state index contributed by atoms with van der Waals surface area (Å²) >= 11 is 0. The first kappa shape index (κ1) is 17.4. The number of aryl methyl sites for hydroxylation is 1. The van der Waals surface area contributed by atoms with Gasteiger partial charge < -0.3 is 19.7 Å². The monoisotopic (exact) mass is 362 g/mol. The topological polar surface area (TPSA) is 62.5 Å². The van der Waals surface area contributed by atoms with Gasteiger partial charge in [0.1, 0.15) is 0 Å². The van der Waals surface area contributed by atoms with Crippen molar-refractivity contribution in [3.63, 3.8) is 0 Å². The summed E-state index contributed by atoms with van der Waals surface area (Å²) in [6, 6.07) is 16.1. The van der Waals surface area contributed by atoms with Gasteiger partial charge in [0, 0.05) is 47.0 Å². The number of ether oxygens (including phenoxy) is 1. The van der Waals surface area contributed by atoms with Crippen LogP contribution >= 0.6 is 0 Å². The number of aromatic nitrogens is 1. The molecule has 0 amide bonds. The molecule has 3 N–H and O–H groups in total. The summed E-state index contributed by atoms with van der Waals surface area (Å²) in [4.78, 5) is 8.63. The largest absolute Gasteiger partial charge is 0.459 e. The number of H-pyrrole nitrogens is 1. The van der Waals surface area contributed by atoms with E-state index in [-0.39, 0.29) is 5.90 Å². The van der Waals surface area contributed by atoms with Gasteiger partial charge in [-0.15, -0.1) is 0 Å². The molecule has 0 saturated carbocycles. The molecule has 1 fully saturated rings. The maximum atomic E-state index is 10.3. The number of morpholine rings is 1. The number of hydrogen-bond donors (Lipinski definition) is 3. The third-order valence-corrected chi connectivity index (χ3v) is 4.93. The predicted octanol–water partition coefficient (Wildman–Crippen LogP) is 2.37. The van der Waals surface area contributed by atoms with Gasteiger partial charge >= 0.3 is 5.90 Å². The lowest BCUT2D eigenvalue weighted by Gasteiger charge is -2.28. The smallest absolute Gasteiger partial charge is 0.371 e. The highest BCUT2D eigenvalue weighted by molar-refractivity contribution is 5.91. The van der Waals surface area contributed by atoms with E-state index in [4.69, 9.17) is 4.74 Å². The number of anilines is 1. The van der Waals surface area contributed by atoms with E-state index in [1.807, 2.05) is 49.4 Å². The van der Waals surface area contributed by atoms with Crippen LogP contribution in [0.1, 0.15) is 16.8 Å². The van der Waals surface area contributed by atoms with Crippen molar-refractivity contribution in [3.05, 3.63) is 71.6 Å². The molecule has 1 aliphatic rings. The minimum absolute atomic E-state index is 0.136. The number of nitrogens with one attached hydrogen (secondary N) is 2. The second-order valence-corrected chi connectivity index (χ2v) is 6.68. The quantitative estimate of drug-likeness (QED) is 0.493. The lowest BCUT2D eigenvalue weighted by Crippen LogP contribution is -2.66. The Labute approximate surface area is 158 Å². The summed E-state index contributed by atoms with van der Waals surface area (Å²) < 4.78 is 5.39. The highest BCUT2D eigenvalue weighted by Crippen LogP contribution is 2.22. The normalized spacial score (nSPS) is 15.7. The number of aliphatic hydroxyl groups is 1. The second-order valence-electron chi connectivity index (χ2n) is 6.68. The zero-order valence-corrected chi connectivity index (χ0v) is 15.4. The summed E-state index contributed by atoms with van der Waals surface area (Å²) in [5.74, 6) is 0.136. The Morgan fingerprint density at radius 1 is 1.11 bits per heavy atom. The van der Waals surface area contributed by atoms with Gasteiger partial charge in [-0.3, -0.25) is 0 Å². The Morgan fingerprint density at radius 3 is 2.63 bits per heavy atom. The van der Waals surface area contributed by atoms with Crippen LogP contribution in [0.15, 0.2) is 54.7 Å². The molecule has 0 aliphatic carbocycles. The van der Waals surface area contributed by atoms with Gasteiger partial charge in [0.25, 0.3) is 0 Å². The zero-order chi connectivity index (χ0) is 18.6. The molecule has 2 aromatic carbocycles. The predicted molar refractivity (Wildman–Crippen MR) is 109 cm³/mol. The maximum Gasteiger partial charge on any atom is 0.371 e. The molecule has 1 saturated heterocycles. The van der Waals surface area contributed by atoms with Gasteiger partial charge in [-0.05, 0) is 37.3 Å². The first-order valence-corrected chi connectivity index (χ1v) is 9.22. The number of aliphatic hydroxyl groups excluding tert-OH is 1. The van der Waals surface area contributed by atoms with Crippen molar-refractivity contribution in [2.45, 2.75) is 6.92 Å². The summed E-state index contributed by atoms with van der Waals surface area (Å²) in [6.07, 6.45) is 3.75. The molecule has 4 rings (SSSR count). The van der Waals surface area contributed by atoms with Crippen molar-refractivity contribution in [1.82, 2.24) is 4.98 Å².